The fourth-order valence-electron chi connectivity index (χ4n) is 2.83. The summed E-state index contributed by atoms with van der Waals surface area (Å²) in [6, 6.07) is 7.98. The lowest BCUT2D eigenvalue weighted by Gasteiger charge is -2.32. The number of aliphatic hydroxyl groups excluding tert-OH is 1. The molecule has 0 saturated carbocycles. The highest BCUT2D eigenvalue weighted by molar-refractivity contribution is 6.13. The second-order valence-corrected chi connectivity index (χ2v) is 5.97. The number of nitrogens with one attached hydrogen (secondary N) is 1. The number of aryl methyl sites for hydroxylation is 1. The Morgan fingerprint density at radius 2 is 2.18 bits per heavy atom. The standard InChI is InChI=1S/C17H21N3O2/c1-12-4-6-13(7-5-12)9-15-16(22)19-17(18-15)20-8-2-3-14(10-20)11-21/h4-7,9,14,21H,2-3,8,10-11H2,1H3,(H,18,19,22)/b15-9-. The van der Waals surface area contributed by atoms with Gasteiger partial charge in [-0.3, -0.25) is 10.1 Å². The Labute approximate surface area is 130 Å². The van der Waals surface area contributed by atoms with Gasteiger partial charge in [-0.15, -0.1) is 0 Å². The molecule has 2 aliphatic heterocycles. The van der Waals surface area contributed by atoms with Gasteiger partial charge in [-0.25, -0.2) is 4.99 Å². The number of likely N-dealkylation sites (tertiary alicyclic amines) is 1. The molecule has 0 spiro atoms. The molecule has 1 aromatic carbocycles. The van der Waals surface area contributed by atoms with E-state index in [2.05, 4.69) is 15.2 Å². The van der Waals surface area contributed by atoms with Gasteiger partial charge in [-0.05, 0) is 37.3 Å². The highest BCUT2D eigenvalue weighted by Crippen LogP contribution is 2.19. The predicted octanol–water partition coefficient (Wildman–Crippen LogP) is 1.53. The molecule has 22 heavy (non-hydrogen) atoms. The first-order valence-corrected chi connectivity index (χ1v) is 7.70. The molecule has 5 nitrogen and oxygen atoms in total. The van der Waals surface area contributed by atoms with Crippen molar-refractivity contribution in [3.8, 4) is 0 Å². The van der Waals surface area contributed by atoms with Crippen LogP contribution in [-0.4, -0.2) is 41.6 Å². The third-order valence-corrected chi connectivity index (χ3v) is 4.14. The lowest BCUT2D eigenvalue weighted by molar-refractivity contribution is -0.115. The molecule has 1 atom stereocenters. The van der Waals surface area contributed by atoms with Gasteiger partial charge < -0.3 is 10.0 Å². The minimum atomic E-state index is -0.165. The SMILES string of the molecule is Cc1ccc(/C=C2\N=C(N3CCCC(CO)C3)NC2=O)cc1. The fraction of sp³-hybridized carbons (Fsp3) is 0.412. The van der Waals surface area contributed by atoms with Crippen LogP contribution in [0.15, 0.2) is 35.0 Å². The maximum absolute atomic E-state index is 12.1. The Kier molecular flexibility index (Phi) is 4.24. The summed E-state index contributed by atoms with van der Waals surface area (Å²) in [4.78, 5) is 18.6. The maximum atomic E-state index is 12.1. The van der Waals surface area contributed by atoms with Gasteiger partial charge in [0.15, 0.2) is 0 Å². The normalized spacial score (nSPS) is 23.6. The molecule has 2 N–H and O–H groups in total. The molecule has 5 heteroatoms. The van der Waals surface area contributed by atoms with Crippen molar-refractivity contribution in [2.45, 2.75) is 19.8 Å². The first kappa shape index (κ1) is 14.8. The number of carbonyl (C=O) groups excluding carboxylic acids is 1. The summed E-state index contributed by atoms with van der Waals surface area (Å²) in [6.45, 7) is 3.83. The van der Waals surface area contributed by atoms with Gasteiger partial charge in [-0.1, -0.05) is 29.8 Å². The van der Waals surface area contributed by atoms with E-state index in [1.54, 1.807) is 6.08 Å². The van der Waals surface area contributed by atoms with E-state index in [0.717, 1.165) is 31.5 Å². The van der Waals surface area contributed by atoms with Crippen LogP contribution in [0.1, 0.15) is 24.0 Å². The van der Waals surface area contributed by atoms with Crippen molar-refractivity contribution in [2.75, 3.05) is 19.7 Å². The molecule has 0 aliphatic carbocycles. The predicted molar refractivity (Wildman–Crippen MR) is 86.1 cm³/mol. The summed E-state index contributed by atoms with van der Waals surface area (Å²) >= 11 is 0. The monoisotopic (exact) mass is 299 g/mol. The zero-order valence-corrected chi connectivity index (χ0v) is 12.7. The van der Waals surface area contributed by atoms with Crippen LogP contribution in [0.2, 0.25) is 0 Å². The Morgan fingerprint density at radius 1 is 1.41 bits per heavy atom. The summed E-state index contributed by atoms with van der Waals surface area (Å²) < 4.78 is 0. The van der Waals surface area contributed by atoms with Crippen molar-refractivity contribution >= 4 is 17.9 Å². The van der Waals surface area contributed by atoms with E-state index in [0.29, 0.717) is 11.7 Å². The Hall–Kier alpha value is -2.14. The fourth-order valence-corrected chi connectivity index (χ4v) is 2.83. The van der Waals surface area contributed by atoms with Crippen LogP contribution < -0.4 is 5.32 Å². The smallest absolute Gasteiger partial charge is 0.276 e. The first-order chi connectivity index (χ1) is 10.7. The highest BCUT2D eigenvalue weighted by atomic mass is 16.3. The number of carbonyl (C=O) groups is 1. The first-order valence-electron chi connectivity index (χ1n) is 7.70. The van der Waals surface area contributed by atoms with Crippen LogP contribution in [0.5, 0.6) is 0 Å². The van der Waals surface area contributed by atoms with Crippen LogP contribution in [0.4, 0.5) is 0 Å². The summed E-state index contributed by atoms with van der Waals surface area (Å²) in [7, 11) is 0. The third-order valence-electron chi connectivity index (χ3n) is 4.14. The van der Waals surface area contributed by atoms with Gasteiger partial charge in [0.2, 0.25) is 5.96 Å². The molecular formula is C17H21N3O2. The van der Waals surface area contributed by atoms with Crippen molar-refractivity contribution < 1.29 is 9.90 Å². The van der Waals surface area contributed by atoms with E-state index in [1.165, 1.54) is 5.56 Å². The highest BCUT2D eigenvalue weighted by Gasteiger charge is 2.28. The summed E-state index contributed by atoms with van der Waals surface area (Å²) in [5.41, 5.74) is 2.59. The van der Waals surface area contributed by atoms with E-state index in [-0.39, 0.29) is 18.4 Å². The average molecular weight is 299 g/mol. The number of aliphatic hydroxyl groups is 1. The van der Waals surface area contributed by atoms with Crippen LogP contribution in [0, 0.1) is 12.8 Å². The minimum absolute atomic E-state index is 0.165. The van der Waals surface area contributed by atoms with Gasteiger partial charge >= 0.3 is 0 Å². The number of rotatable bonds is 2. The number of guanidine groups is 1. The molecule has 1 amide bonds. The van der Waals surface area contributed by atoms with E-state index in [4.69, 9.17) is 0 Å². The molecule has 2 heterocycles. The van der Waals surface area contributed by atoms with Crippen LogP contribution >= 0.6 is 0 Å². The van der Waals surface area contributed by atoms with E-state index in [9.17, 15) is 9.90 Å². The molecule has 1 aromatic rings. The van der Waals surface area contributed by atoms with Gasteiger partial charge in [0.25, 0.3) is 5.91 Å². The van der Waals surface area contributed by atoms with Crippen LogP contribution in [0.3, 0.4) is 0 Å². The van der Waals surface area contributed by atoms with Gasteiger partial charge in [0, 0.05) is 19.7 Å². The topological polar surface area (TPSA) is 64.9 Å². The number of hydrogen-bond donors (Lipinski definition) is 2. The maximum Gasteiger partial charge on any atom is 0.276 e. The van der Waals surface area contributed by atoms with Gasteiger partial charge in [0.1, 0.15) is 5.70 Å². The summed E-state index contributed by atoms with van der Waals surface area (Å²) in [5, 5.41) is 12.1. The quantitative estimate of drug-likeness (QED) is 0.814. The molecule has 0 radical (unpaired) electrons. The molecule has 1 unspecified atom stereocenters. The number of amides is 1. The minimum Gasteiger partial charge on any atom is -0.396 e. The Balaban J connectivity index is 1.77. The molecular weight excluding hydrogens is 278 g/mol. The Bertz CT molecular complexity index is 619. The van der Waals surface area contributed by atoms with Crippen molar-refractivity contribution in [2.24, 2.45) is 10.9 Å². The number of piperidine rings is 1. The second-order valence-electron chi connectivity index (χ2n) is 5.97. The number of benzene rings is 1. The van der Waals surface area contributed by atoms with Crippen molar-refractivity contribution in [1.29, 1.82) is 0 Å². The van der Waals surface area contributed by atoms with E-state index >= 15 is 0 Å². The lowest BCUT2D eigenvalue weighted by atomic mass is 9.99. The molecule has 3 rings (SSSR count). The van der Waals surface area contributed by atoms with Crippen LogP contribution in [-0.2, 0) is 4.79 Å². The summed E-state index contributed by atoms with van der Waals surface area (Å²) in [6.07, 6.45) is 3.84. The number of hydrogen-bond acceptors (Lipinski definition) is 4. The van der Waals surface area contributed by atoms with Crippen molar-refractivity contribution in [3.63, 3.8) is 0 Å². The van der Waals surface area contributed by atoms with Crippen molar-refractivity contribution in [1.82, 2.24) is 10.2 Å². The lowest BCUT2D eigenvalue weighted by Crippen LogP contribution is -2.46. The molecule has 0 bridgehead atoms. The van der Waals surface area contributed by atoms with Gasteiger partial charge in [-0.2, -0.15) is 0 Å². The largest absolute Gasteiger partial charge is 0.396 e. The molecule has 1 fully saturated rings. The molecule has 116 valence electrons. The van der Waals surface area contributed by atoms with E-state index in [1.807, 2.05) is 31.2 Å². The van der Waals surface area contributed by atoms with Gasteiger partial charge in [0.05, 0.1) is 0 Å². The molecule has 2 aliphatic rings. The second kappa shape index (κ2) is 6.32. The third kappa shape index (κ3) is 3.20. The summed E-state index contributed by atoms with van der Waals surface area (Å²) in [5.74, 6) is 0.710. The van der Waals surface area contributed by atoms with E-state index < -0.39 is 0 Å². The molecule has 0 aromatic heterocycles. The van der Waals surface area contributed by atoms with Crippen LogP contribution in [0.25, 0.3) is 6.08 Å². The number of aliphatic imine (C=N–C) groups is 1. The Morgan fingerprint density at radius 3 is 2.91 bits per heavy atom. The number of nitrogens with zero attached hydrogens (tertiary/aromatic N) is 2. The zero-order chi connectivity index (χ0) is 15.5. The average Bonchev–Trinajstić information content (AvgIpc) is 2.91. The zero-order valence-electron chi connectivity index (χ0n) is 12.7. The van der Waals surface area contributed by atoms with Crippen molar-refractivity contribution in [3.05, 3.63) is 41.1 Å². The molecule has 1 saturated heterocycles.